The average Bonchev–Trinajstić information content (AvgIpc) is 2.03. The molecule has 1 saturated heterocycles. The topological polar surface area (TPSA) is 21.7 Å². The van der Waals surface area contributed by atoms with E-state index in [1.165, 1.54) is 0 Å². The van der Waals surface area contributed by atoms with Crippen LogP contribution in [0.2, 0.25) is 0 Å². The quantitative estimate of drug-likeness (QED) is 0.599. The van der Waals surface area contributed by atoms with Gasteiger partial charge in [0.25, 0.3) is 0 Å². The minimum atomic E-state index is -0.567. The molecule has 0 radical (unpaired) electrons. The van der Waals surface area contributed by atoms with Crippen LogP contribution in [0.4, 0.5) is 0 Å². The zero-order chi connectivity index (χ0) is 9.57. The SMILES string of the molecule is CC1OC(C)(N(C)C)OC1(C)C. The van der Waals surface area contributed by atoms with Crippen LogP contribution in [0.15, 0.2) is 0 Å². The normalized spacial score (nSPS) is 40.8. The van der Waals surface area contributed by atoms with Crippen molar-refractivity contribution in [2.75, 3.05) is 14.1 Å². The molecule has 72 valence electrons. The van der Waals surface area contributed by atoms with Gasteiger partial charge in [-0.1, -0.05) is 0 Å². The second kappa shape index (κ2) is 2.69. The molecule has 1 fully saturated rings. The summed E-state index contributed by atoms with van der Waals surface area (Å²) in [6.07, 6.45) is 0.130. The minimum Gasteiger partial charge on any atom is -0.331 e. The Labute approximate surface area is 74.6 Å². The highest BCUT2D eigenvalue weighted by molar-refractivity contribution is 4.86. The van der Waals surface area contributed by atoms with Gasteiger partial charge < -0.3 is 9.47 Å². The summed E-state index contributed by atoms with van der Waals surface area (Å²) < 4.78 is 11.5. The van der Waals surface area contributed by atoms with Gasteiger partial charge in [-0.25, -0.2) is 0 Å². The van der Waals surface area contributed by atoms with Crippen LogP contribution in [0.3, 0.4) is 0 Å². The molecule has 0 aromatic heterocycles. The van der Waals surface area contributed by atoms with E-state index in [-0.39, 0.29) is 11.7 Å². The fourth-order valence-corrected chi connectivity index (χ4v) is 1.26. The molecule has 0 saturated carbocycles. The van der Waals surface area contributed by atoms with Crippen molar-refractivity contribution >= 4 is 0 Å². The first-order valence-electron chi connectivity index (χ1n) is 4.33. The molecule has 0 amide bonds. The minimum absolute atomic E-state index is 0.130. The predicted molar refractivity (Wildman–Crippen MR) is 47.8 cm³/mol. The first-order chi connectivity index (χ1) is 5.28. The van der Waals surface area contributed by atoms with Crippen LogP contribution < -0.4 is 0 Å². The van der Waals surface area contributed by atoms with Crippen molar-refractivity contribution in [2.45, 2.75) is 45.3 Å². The van der Waals surface area contributed by atoms with Gasteiger partial charge in [-0.3, -0.25) is 4.90 Å². The van der Waals surface area contributed by atoms with Crippen molar-refractivity contribution in [3.8, 4) is 0 Å². The van der Waals surface area contributed by atoms with Gasteiger partial charge in [0.15, 0.2) is 0 Å². The van der Waals surface area contributed by atoms with Crippen molar-refractivity contribution in [3.05, 3.63) is 0 Å². The molecule has 0 spiro atoms. The van der Waals surface area contributed by atoms with Crippen LogP contribution in [-0.4, -0.2) is 36.6 Å². The summed E-state index contributed by atoms with van der Waals surface area (Å²) in [6.45, 7) is 8.08. The molecule has 2 unspecified atom stereocenters. The summed E-state index contributed by atoms with van der Waals surface area (Å²) in [5.41, 5.74) is -0.195. The van der Waals surface area contributed by atoms with Gasteiger partial charge >= 0.3 is 0 Å². The van der Waals surface area contributed by atoms with Crippen molar-refractivity contribution in [1.82, 2.24) is 4.90 Å². The summed E-state index contributed by atoms with van der Waals surface area (Å²) >= 11 is 0. The zero-order valence-electron chi connectivity index (χ0n) is 8.84. The molecule has 0 aromatic carbocycles. The summed E-state index contributed by atoms with van der Waals surface area (Å²) in [5, 5.41) is 0. The highest BCUT2D eigenvalue weighted by Gasteiger charge is 2.48. The smallest absolute Gasteiger partial charge is 0.227 e. The monoisotopic (exact) mass is 173 g/mol. The highest BCUT2D eigenvalue weighted by Crippen LogP contribution is 2.36. The zero-order valence-corrected chi connectivity index (χ0v) is 8.84. The van der Waals surface area contributed by atoms with Gasteiger partial charge in [-0.05, 0) is 34.9 Å². The largest absolute Gasteiger partial charge is 0.331 e. The number of hydrogen-bond acceptors (Lipinski definition) is 3. The Morgan fingerprint density at radius 2 is 1.67 bits per heavy atom. The standard InChI is InChI=1S/C9H19NO2/c1-7-8(2,3)12-9(4,11-7)10(5)6/h7H,1-6H3. The molecular formula is C9H19NO2. The van der Waals surface area contributed by atoms with Crippen molar-refractivity contribution < 1.29 is 9.47 Å². The Kier molecular flexibility index (Phi) is 2.23. The Balaban J connectivity index is 2.78. The Hall–Kier alpha value is -0.120. The van der Waals surface area contributed by atoms with E-state index < -0.39 is 5.91 Å². The molecule has 3 nitrogen and oxygen atoms in total. The second-order valence-corrected chi connectivity index (χ2v) is 4.26. The van der Waals surface area contributed by atoms with E-state index in [2.05, 4.69) is 0 Å². The number of hydrogen-bond donors (Lipinski definition) is 0. The van der Waals surface area contributed by atoms with Crippen LogP contribution in [0, 0.1) is 0 Å². The third-order valence-corrected chi connectivity index (χ3v) is 2.64. The molecule has 0 aliphatic carbocycles. The lowest BCUT2D eigenvalue weighted by Gasteiger charge is -2.31. The molecule has 1 aliphatic rings. The number of ether oxygens (including phenoxy) is 2. The molecule has 0 N–H and O–H groups in total. The maximum absolute atomic E-state index is 5.81. The van der Waals surface area contributed by atoms with Gasteiger partial charge in [0.05, 0.1) is 11.7 Å². The summed E-state index contributed by atoms with van der Waals surface area (Å²) in [6, 6.07) is 0. The van der Waals surface area contributed by atoms with E-state index in [0.29, 0.717) is 0 Å². The van der Waals surface area contributed by atoms with Crippen LogP contribution in [0.5, 0.6) is 0 Å². The fraction of sp³-hybridized carbons (Fsp3) is 1.00. The van der Waals surface area contributed by atoms with Crippen molar-refractivity contribution in [3.63, 3.8) is 0 Å². The van der Waals surface area contributed by atoms with Crippen LogP contribution in [0.1, 0.15) is 27.7 Å². The van der Waals surface area contributed by atoms with E-state index >= 15 is 0 Å². The fourth-order valence-electron chi connectivity index (χ4n) is 1.26. The van der Waals surface area contributed by atoms with Crippen molar-refractivity contribution in [1.29, 1.82) is 0 Å². The van der Waals surface area contributed by atoms with Crippen LogP contribution in [-0.2, 0) is 9.47 Å². The highest BCUT2D eigenvalue weighted by atomic mass is 16.8. The summed E-state index contributed by atoms with van der Waals surface area (Å²) in [4.78, 5) is 1.94. The summed E-state index contributed by atoms with van der Waals surface area (Å²) in [7, 11) is 3.90. The molecule has 3 heteroatoms. The van der Waals surface area contributed by atoms with Gasteiger partial charge in [-0.2, -0.15) is 0 Å². The second-order valence-electron chi connectivity index (χ2n) is 4.26. The van der Waals surface area contributed by atoms with Gasteiger partial charge in [0.1, 0.15) is 0 Å². The molecule has 12 heavy (non-hydrogen) atoms. The Morgan fingerprint density at radius 3 is 1.83 bits per heavy atom. The predicted octanol–water partition coefficient (Wildman–Crippen LogP) is 1.44. The number of rotatable bonds is 1. The van der Waals surface area contributed by atoms with Gasteiger partial charge in [-0.15, -0.1) is 0 Å². The maximum atomic E-state index is 5.81. The molecule has 1 heterocycles. The van der Waals surface area contributed by atoms with E-state index in [0.717, 1.165) is 0 Å². The molecule has 2 atom stereocenters. The molecular weight excluding hydrogens is 154 g/mol. The molecule has 0 bridgehead atoms. The van der Waals surface area contributed by atoms with Gasteiger partial charge in [0.2, 0.25) is 5.91 Å². The lowest BCUT2D eigenvalue weighted by molar-refractivity contribution is -0.251. The summed E-state index contributed by atoms with van der Waals surface area (Å²) in [5.74, 6) is -0.567. The first kappa shape index (κ1) is 9.96. The Bertz CT molecular complexity index is 179. The van der Waals surface area contributed by atoms with E-state index in [4.69, 9.17) is 9.47 Å². The van der Waals surface area contributed by atoms with Crippen molar-refractivity contribution in [2.24, 2.45) is 0 Å². The lowest BCUT2D eigenvalue weighted by atomic mass is 10.0. The van der Waals surface area contributed by atoms with E-state index in [1.807, 2.05) is 46.7 Å². The first-order valence-corrected chi connectivity index (χ1v) is 4.33. The van der Waals surface area contributed by atoms with E-state index in [9.17, 15) is 0 Å². The molecule has 1 aliphatic heterocycles. The maximum Gasteiger partial charge on any atom is 0.227 e. The average molecular weight is 173 g/mol. The molecule has 1 rings (SSSR count). The van der Waals surface area contributed by atoms with E-state index in [1.54, 1.807) is 0 Å². The third kappa shape index (κ3) is 1.49. The van der Waals surface area contributed by atoms with Gasteiger partial charge in [0, 0.05) is 6.92 Å². The van der Waals surface area contributed by atoms with Crippen LogP contribution in [0.25, 0.3) is 0 Å². The molecule has 0 aromatic rings. The van der Waals surface area contributed by atoms with Crippen LogP contribution >= 0.6 is 0 Å². The third-order valence-electron chi connectivity index (χ3n) is 2.64. The number of nitrogens with zero attached hydrogens (tertiary/aromatic N) is 1. The lowest BCUT2D eigenvalue weighted by Crippen LogP contribution is -2.43. The Morgan fingerprint density at radius 1 is 1.17 bits per heavy atom.